The highest BCUT2D eigenvalue weighted by Gasteiger charge is 2.26. The second-order valence-corrected chi connectivity index (χ2v) is 6.56. The molecule has 1 aliphatic heterocycles. The molecule has 0 saturated carbocycles. The van der Waals surface area contributed by atoms with E-state index in [9.17, 15) is 4.79 Å². The van der Waals surface area contributed by atoms with Gasteiger partial charge in [0.1, 0.15) is 0 Å². The number of fused-ring (bicyclic) bond motifs is 1. The Labute approximate surface area is 141 Å². The van der Waals surface area contributed by atoms with Crippen molar-refractivity contribution in [2.75, 3.05) is 6.54 Å². The highest BCUT2D eigenvalue weighted by atomic mass is 16.1. The summed E-state index contributed by atoms with van der Waals surface area (Å²) in [6, 6.07) is 16.7. The van der Waals surface area contributed by atoms with Crippen LogP contribution >= 0.6 is 0 Å². The highest BCUT2D eigenvalue weighted by molar-refractivity contribution is 5.80. The minimum Gasteiger partial charge on any atom is -0.277 e. The fourth-order valence-corrected chi connectivity index (χ4v) is 3.56. The minimum absolute atomic E-state index is 0.0114. The molecule has 1 saturated heterocycles. The Balaban J connectivity index is 1.63. The van der Waals surface area contributed by atoms with Crippen LogP contribution in [0.25, 0.3) is 10.8 Å². The fourth-order valence-electron chi connectivity index (χ4n) is 3.56. The molecule has 2 heterocycles. The molecule has 0 radical (unpaired) electrons. The lowest BCUT2D eigenvalue weighted by atomic mass is 10.0. The van der Waals surface area contributed by atoms with Crippen molar-refractivity contribution in [3.63, 3.8) is 0 Å². The van der Waals surface area contributed by atoms with Crippen molar-refractivity contribution in [3.05, 3.63) is 76.2 Å². The van der Waals surface area contributed by atoms with Gasteiger partial charge in [0.2, 0.25) is 0 Å². The number of benzene rings is 2. The van der Waals surface area contributed by atoms with E-state index in [-0.39, 0.29) is 5.56 Å². The average Bonchev–Trinajstić information content (AvgIpc) is 3.06. The van der Waals surface area contributed by atoms with Gasteiger partial charge in [-0.1, -0.05) is 48.0 Å². The van der Waals surface area contributed by atoms with Gasteiger partial charge >= 0.3 is 0 Å². The molecule has 122 valence electrons. The Morgan fingerprint density at radius 3 is 2.75 bits per heavy atom. The second kappa shape index (κ2) is 6.21. The summed E-state index contributed by atoms with van der Waals surface area (Å²) < 4.78 is 1.59. The molecule has 1 fully saturated rings. The molecule has 1 aliphatic rings. The number of likely N-dealkylation sites (tertiary alicyclic amines) is 1. The molecule has 4 nitrogen and oxygen atoms in total. The maximum atomic E-state index is 12.7. The van der Waals surface area contributed by atoms with E-state index < -0.39 is 0 Å². The molecule has 1 aromatic heterocycles. The molecule has 0 unspecified atom stereocenters. The first-order valence-electron chi connectivity index (χ1n) is 8.48. The van der Waals surface area contributed by atoms with Crippen LogP contribution in [0, 0.1) is 6.92 Å². The van der Waals surface area contributed by atoms with Crippen molar-refractivity contribution in [1.29, 1.82) is 0 Å². The Morgan fingerprint density at radius 1 is 1.12 bits per heavy atom. The van der Waals surface area contributed by atoms with Gasteiger partial charge < -0.3 is 0 Å². The van der Waals surface area contributed by atoms with Gasteiger partial charge in [-0.2, -0.15) is 5.10 Å². The van der Waals surface area contributed by atoms with Crippen molar-refractivity contribution in [3.8, 4) is 0 Å². The zero-order chi connectivity index (χ0) is 16.5. The Kier molecular flexibility index (Phi) is 3.90. The predicted molar refractivity (Wildman–Crippen MR) is 95.9 cm³/mol. The number of aromatic nitrogens is 2. The van der Waals surface area contributed by atoms with Crippen LogP contribution in [-0.2, 0) is 6.67 Å². The molecule has 3 aromatic rings. The largest absolute Gasteiger partial charge is 0.277 e. The Morgan fingerprint density at radius 2 is 1.92 bits per heavy atom. The van der Waals surface area contributed by atoms with E-state index in [1.54, 1.807) is 10.9 Å². The summed E-state index contributed by atoms with van der Waals surface area (Å²) in [5.74, 6) is 0. The lowest BCUT2D eigenvalue weighted by molar-refractivity contribution is 0.187. The van der Waals surface area contributed by atoms with Crippen molar-refractivity contribution < 1.29 is 0 Å². The molecule has 24 heavy (non-hydrogen) atoms. The fraction of sp³-hybridized carbons (Fsp3) is 0.300. The lowest BCUT2D eigenvalue weighted by Crippen LogP contribution is -2.33. The van der Waals surface area contributed by atoms with Crippen LogP contribution in [0.5, 0.6) is 0 Å². The number of hydrogen-bond acceptors (Lipinski definition) is 3. The van der Waals surface area contributed by atoms with Crippen LogP contribution in [-0.4, -0.2) is 21.2 Å². The highest BCUT2D eigenvalue weighted by Crippen LogP contribution is 2.32. The maximum Gasteiger partial charge on any atom is 0.275 e. The van der Waals surface area contributed by atoms with Crippen LogP contribution in [0.4, 0.5) is 0 Å². The number of nitrogens with zero attached hydrogens (tertiary/aromatic N) is 3. The first-order valence-corrected chi connectivity index (χ1v) is 8.48. The van der Waals surface area contributed by atoms with Crippen LogP contribution in [0.2, 0.25) is 0 Å². The molecule has 0 bridgehead atoms. The number of hydrogen-bond donors (Lipinski definition) is 0. The van der Waals surface area contributed by atoms with Crippen molar-refractivity contribution in [2.45, 2.75) is 32.5 Å². The smallest absolute Gasteiger partial charge is 0.275 e. The molecule has 1 atom stereocenters. The SMILES string of the molecule is Cc1ccc([C@H]2CCCN2Cn2ncc3ccccc3c2=O)cc1. The van der Waals surface area contributed by atoms with Gasteiger partial charge in [0.05, 0.1) is 18.3 Å². The summed E-state index contributed by atoms with van der Waals surface area (Å²) in [5, 5.41) is 6.01. The van der Waals surface area contributed by atoms with E-state index >= 15 is 0 Å². The summed E-state index contributed by atoms with van der Waals surface area (Å²) in [7, 11) is 0. The van der Waals surface area contributed by atoms with Crippen LogP contribution in [0.15, 0.2) is 59.5 Å². The Bertz CT molecular complexity index is 914. The van der Waals surface area contributed by atoms with E-state index in [2.05, 4.69) is 41.2 Å². The average molecular weight is 319 g/mol. The van der Waals surface area contributed by atoms with Crippen molar-refractivity contribution >= 4 is 10.8 Å². The zero-order valence-corrected chi connectivity index (χ0v) is 13.9. The first-order chi connectivity index (χ1) is 11.7. The molecule has 4 heteroatoms. The molecule has 0 aliphatic carbocycles. The normalized spacial score (nSPS) is 18.3. The van der Waals surface area contributed by atoms with E-state index in [1.807, 2.05) is 24.3 Å². The van der Waals surface area contributed by atoms with Crippen LogP contribution in [0.3, 0.4) is 0 Å². The van der Waals surface area contributed by atoms with E-state index in [0.29, 0.717) is 12.7 Å². The van der Waals surface area contributed by atoms with Gasteiger partial charge in [-0.05, 0) is 31.4 Å². The van der Waals surface area contributed by atoms with E-state index in [4.69, 9.17) is 0 Å². The van der Waals surface area contributed by atoms with Gasteiger partial charge in [-0.25, -0.2) is 4.68 Å². The topological polar surface area (TPSA) is 38.1 Å². The summed E-state index contributed by atoms with van der Waals surface area (Å²) >= 11 is 0. The van der Waals surface area contributed by atoms with Crippen molar-refractivity contribution in [2.24, 2.45) is 0 Å². The third-order valence-electron chi connectivity index (χ3n) is 4.90. The zero-order valence-electron chi connectivity index (χ0n) is 13.9. The lowest BCUT2D eigenvalue weighted by Gasteiger charge is -2.25. The van der Waals surface area contributed by atoms with Crippen LogP contribution in [0.1, 0.15) is 30.0 Å². The molecular weight excluding hydrogens is 298 g/mol. The first kappa shape index (κ1) is 15.1. The monoisotopic (exact) mass is 319 g/mol. The van der Waals surface area contributed by atoms with Gasteiger partial charge in [0.25, 0.3) is 5.56 Å². The van der Waals surface area contributed by atoms with Gasteiger partial charge in [0.15, 0.2) is 0 Å². The molecule has 2 aromatic carbocycles. The van der Waals surface area contributed by atoms with Gasteiger partial charge in [-0.15, -0.1) is 0 Å². The van der Waals surface area contributed by atoms with E-state index in [0.717, 1.165) is 30.2 Å². The summed E-state index contributed by atoms with van der Waals surface area (Å²) in [5.41, 5.74) is 2.59. The van der Waals surface area contributed by atoms with Gasteiger partial charge in [-0.3, -0.25) is 9.69 Å². The summed E-state index contributed by atoms with van der Waals surface area (Å²) in [6.45, 7) is 3.65. The second-order valence-electron chi connectivity index (χ2n) is 6.56. The molecule has 0 N–H and O–H groups in total. The maximum absolute atomic E-state index is 12.7. The number of aryl methyl sites for hydroxylation is 1. The standard InChI is InChI=1S/C20H21N3O/c1-15-8-10-16(11-9-15)19-7-4-12-22(19)14-23-20(24)18-6-3-2-5-17(18)13-21-23/h2-3,5-6,8-11,13,19H,4,7,12,14H2,1H3/t19-/m1/s1. The third kappa shape index (κ3) is 2.74. The summed E-state index contributed by atoms with van der Waals surface area (Å²) in [4.78, 5) is 15.0. The van der Waals surface area contributed by atoms with Crippen LogP contribution < -0.4 is 5.56 Å². The molecule has 0 spiro atoms. The van der Waals surface area contributed by atoms with E-state index in [1.165, 1.54) is 11.1 Å². The number of rotatable bonds is 3. The van der Waals surface area contributed by atoms with Gasteiger partial charge in [0, 0.05) is 18.0 Å². The quantitative estimate of drug-likeness (QED) is 0.741. The molecule has 0 amide bonds. The minimum atomic E-state index is -0.0114. The molecule has 4 rings (SSSR count). The summed E-state index contributed by atoms with van der Waals surface area (Å²) in [6.07, 6.45) is 4.07. The predicted octanol–water partition coefficient (Wildman–Crippen LogP) is 3.50. The third-order valence-corrected chi connectivity index (χ3v) is 4.90. The van der Waals surface area contributed by atoms with Crippen molar-refractivity contribution in [1.82, 2.24) is 14.7 Å². The Hall–Kier alpha value is -2.46. The molecular formula is C20H21N3O.